The summed E-state index contributed by atoms with van der Waals surface area (Å²) in [5.74, 6) is -0.166. The summed E-state index contributed by atoms with van der Waals surface area (Å²) in [7, 11) is 0. The number of hydrogen-bond donors (Lipinski definition) is 1. The fourth-order valence-corrected chi connectivity index (χ4v) is 1.28. The van der Waals surface area contributed by atoms with Crippen LogP contribution in [0.1, 0.15) is 23.6 Å². The Morgan fingerprint density at radius 1 is 1.62 bits per heavy atom. The number of alkyl halides is 1. The van der Waals surface area contributed by atoms with E-state index in [1.807, 2.05) is 0 Å². The van der Waals surface area contributed by atoms with Gasteiger partial charge in [-0.25, -0.2) is 4.39 Å². The number of pyridine rings is 1. The lowest BCUT2D eigenvalue weighted by molar-refractivity contribution is 0.466. The van der Waals surface area contributed by atoms with Crippen molar-refractivity contribution in [3.63, 3.8) is 0 Å². The molecular weight excluding hydrogens is 171 g/mol. The van der Waals surface area contributed by atoms with Crippen LogP contribution in [0, 0.1) is 11.3 Å². The first-order valence-corrected chi connectivity index (χ1v) is 4.00. The average molecular weight is 178 g/mol. The summed E-state index contributed by atoms with van der Waals surface area (Å²) in [5.41, 5.74) is 0.232. The number of H-pyrrole nitrogens is 1. The van der Waals surface area contributed by atoms with Crippen molar-refractivity contribution in [2.75, 3.05) is 0 Å². The number of nitriles is 1. The summed E-state index contributed by atoms with van der Waals surface area (Å²) < 4.78 is 12.6. The SMILES string of the molecule is N#Cc1ccc([C@@H]2C[C@H]2F)[nH]c1=O. The van der Waals surface area contributed by atoms with E-state index >= 15 is 0 Å². The maximum atomic E-state index is 12.6. The quantitative estimate of drug-likeness (QED) is 0.699. The van der Waals surface area contributed by atoms with Gasteiger partial charge in [-0.3, -0.25) is 4.79 Å². The summed E-state index contributed by atoms with van der Waals surface area (Å²) in [4.78, 5) is 13.6. The van der Waals surface area contributed by atoms with Gasteiger partial charge in [0.1, 0.15) is 17.8 Å². The van der Waals surface area contributed by atoms with Crippen molar-refractivity contribution in [3.8, 4) is 6.07 Å². The van der Waals surface area contributed by atoms with Gasteiger partial charge < -0.3 is 4.98 Å². The molecule has 3 nitrogen and oxygen atoms in total. The van der Waals surface area contributed by atoms with Crippen molar-refractivity contribution in [3.05, 3.63) is 33.7 Å². The normalized spacial score (nSPS) is 25.2. The van der Waals surface area contributed by atoms with Gasteiger partial charge in [0.15, 0.2) is 0 Å². The largest absolute Gasteiger partial charge is 0.325 e. The Labute approximate surface area is 73.8 Å². The first-order valence-electron chi connectivity index (χ1n) is 4.00. The van der Waals surface area contributed by atoms with Crippen molar-refractivity contribution in [2.45, 2.75) is 18.5 Å². The zero-order chi connectivity index (χ0) is 9.42. The predicted molar refractivity (Wildman–Crippen MR) is 44.0 cm³/mol. The van der Waals surface area contributed by atoms with Gasteiger partial charge in [0, 0.05) is 11.6 Å². The highest BCUT2D eigenvalue weighted by Crippen LogP contribution is 2.41. The van der Waals surface area contributed by atoms with E-state index in [1.165, 1.54) is 6.07 Å². The summed E-state index contributed by atoms with van der Waals surface area (Å²) in [5, 5.41) is 8.47. The van der Waals surface area contributed by atoms with Gasteiger partial charge in [-0.05, 0) is 18.6 Å². The molecule has 13 heavy (non-hydrogen) atoms. The van der Waals surface area contributed by atoms with Crippen LogP contribution in [0.25, 0.3) is 0 Å². The number of aromatic amines is 1. The molecular formula is C9H7FN2O. The molecule has 0 radical (unpaired) electrons. The molecule has 2 rings (SSSR count). The molecule has 1 N–H and O–H groups in total. The van der Waals surface area contributed by atoms with Crippen LogP contribution in [0.5, 0.6) is 0 Å². The zero-order valence-corrected chi connectivity index (χ0v) is 6.75. The van der Waals surface area contributed by atoms with Gasteiger partial charge in [-0.2, -0.15) is 5.26 Å². The number of halogens is 1. The van der Waals surface area contributed by atoms with Gasteiger partial charge in [0.05, 0.1) is 0 Å². The van der Waals surface area contributed by atoms with E-state index < -0.39 is 11.7 Å². The molecule has 1 saturated carbocycles. The van der Waals surface area contributed by atoms with E-state index in [0.717, 1.165) is 0 Å². The standard InChI is InChI=1S/C9H7FN2O/c10-7-3-6(7)8-2-1-5(4-11)9(13)12-8/h1-2,6-7H,3H2,(H,12,13)/t6-,7-/m1/s1. The van der Waals surface area contributed by atoms with E-state index in [0.29, 0.717) is 12.1 Å². The first-order chi connectivity index (χ1) is 6.22. The maximum Gasteiger partial charge on any atom is 0.266 e. The topological polar surface area (TPSA) is 56.6 Å². The fraction of sp³-hybridized carbons (Fsp3) is 0.333. The Morgan fingerprint density at radius 2 is 2.31 bits per heavy atom. The smallest absolute Gasteiger partial charge is 0.266 e. The van der Waals surface area contributed by atoms with Crippen LogP contribution in [0.4, 0.5) is 4.39 Å². The Hall–Kier alpha value is -1.63. The molecule has 0 aliphatic heterocycles. The zero-order valence-electron chi connectivity index (χ0n) is 6.75. The number of rotatable bonds is 1. The lowest BCUT2D eigenvalue weighted by atomic mass is 10.2. The molecule has 4 heteroatoms. The van der Waals surface area contributed by atoms with Gasteiger partial charge in [0.2, 0.25) is 0 Å². The molecule has 66 valence electrons. The van der Waals surface area contributed by atoms with Crippen molar-refractivity contribution in [2.24, 2.45) is 0 Å². The highest BCUT2D eigenvalue weighted by molar-refractivity contribution is 5.29. The summed E-state index contributed by atoms with van der Waals surface area (Å²) in [6.45, 7) is 0. The minimum Gasteiger partial charge on any atom is -0.325 e. The van der Waals surface area contributed by atoms with E-state index in [4.69, 9.17) is 5.26 Å². The molecule has 1 aliphatic carbocycles. The van der Waals surface area contributed by atoms with Crippen LogP contribution >= 0.6 is 0 Å². The van der Waals surface area contributed by atoms with Crippen LogP contribution < -0.4 is 5.56 Å². The molecule has 0 amide bonds. The predicted octanol–water partition coefficient (Wildman–Crippen LogP) is 1.07. The van der Waals surface area contributed by atoms with Crippen LogP contribution in [0.15, 0.2) is 16.9 Å². The van der Waals surface area contributed by atoms with E-state index in [1.54, 1.807) is 12.1 Å². The molecule has 0 unspecified atom stereocenters. The van der Waals surface area contributed by atoms with Crippen molar-refractivity contribution < 1.29 is 4.39 Å². The van der Waals surface area contributed by atoms with Crippen LogP contribution in [0.3, 0.4) is 0 Å². The molecule has 0 saturated heterocycles. The summed E-state index contributed by atoms with van der Waals surface area (Å²) in [6, 6.07) is 4.79. The Morgan fingerprint density at radius 3 is 2.77 bits per heavy atom. The molecule has 0 spiro atoms. The van der Waals surface area contributed by atoms with E-state index in [2.05, 4.69) is 4.98 Å². The van der Waals surface area contributed by atoms with E-state index in [-0.39, 0.29) is 11.5 Å². The lowest BCUT2D eigenvalue weighted by Gasteiger charge is -1.96. The Bertz CT molecular complexity index is 432. The fourth-order valence-electron chi connectivity index (χ4n) is 1.28. The molecule has 1 aromatic rings. The third-order valence-corrected chi connectivity index (χ3v) is 2.16. The van der Waals surface area contributed by atoms with Gasteiger partial charge in [-0.1, -0.05) is 0 Å². The van der Waals surface area contributed by atoms with E-state index in [9.17, 15) is 9.18 Å². The monoisotopic (exact) mass is 178 g/mol. The van der Waals surface area contributed by atoms with Gasteiger partial charge >= 0.3 is 0 Å². The number of aromatic nitrogens is 1. The minimum absolute atomic E-state index is 0.0693. The van der Waals surface area contributed by atoms with Crippen molar-refractivity contribution in [1.29, 1.82) is 5.26 Å². The third kappa shape index (κ3) is 1.33. The minimum atomic E-state index is -0.830. The molecule has 1 aromatic heterocycles. The van der Waals surface area contributed by atoms with Crippen LogP contribution in [-0.2, 0) is 0 Å². The molecule has 1 fully saturated rings. The number of nitrogens with zero attached hydrogens (tertiary/aromatic N) is 1. The van der Waals surface area contributed by atoms with Crippen LogP contribution in [-0.4, -0.2) is 11.2 Å². The average Bonchev–Trinajstić information content (AvgIpc) is 2.82. The summed E-state index contributed by atoms with van der Waals surface area (Å²) in [6.07, 6.45) is -0.356. The molecule has 0 aromatic carbocycles. The maximum absolute atomic E-state index is 12.6. The molecule has 0 bridgehead atoms. The van der Waals surface area contributed by atoms with Gasteiger partial charge in [-0.15, -0.1) is 0 Å². The Balaban J connectivity index is 2.38. The van der Waals surface area contributed by atoms with Crippen molar-refractivity contribution >= 4 is 0 Å². The highest BCUT2D eigenvalue weighted by atomic mass is 19.1. The van der Waals surface area contributed by atoms with Crippen LogP contribution in [0.2, 0.25) is 0 Å². The number of hydrogen-bond acceptors (Lipinski definition) is 2. The molecule has 1 heterocycles. The second kappa shape index (κ2) is 2.70. The Kier molecular flexibility index (Phi) is 1.66. The molecule has 2 atom stereocenters. The number of nitrogens with one attached hydrogen (secondary N) is 1. The lowest BCUT2D eigenvalue weighted by Crippen LogP contribution is -2.11. The first kappa shape index (κ1) is 7.99. The second-order valence-corrected chi connectivity index (χ2v) is 3.13. The van der Waals surface area contributed by atoms with Gasteiger partial charge in [0.25, 0.3) is 5.56 Å². The third-order valence-electron chi connectivity index (χ3n) is 2.16. The second-order valence-electron chi connectivity index (χ2n) is 3.13. The van der Waals surface area contributed by atoms with Crippen molar-refractivity contribution in [1.82, 2.24) is 4.98 Å². The molecule has 1 aliphatic rings. The summed E-state index contributed by atoms with van der Waals surface area (Å²) >= 11 is 0. The highest BCUT2D eigenvalue weighted by Gasteiger charge is 2.39.